The third-order valence-corrected chi connectivity index (χ3v) is 2.58. The van der Waals surface area contributed by atoms with Crippen LogP contribution in [0.4, 0.5) is 13.2 Å². The van der Waals surface area contributed by atoms with E-state index in [1.807, 2.05) is 0 Å². The summed E-state index contributed by atoms with van der Waals surface area (Å²) in [5.74, 6) is -1.27. The molecule has 0 aliphatic rings. The Morgan fingerprint density at radius 1 is 1.32 bits per heavy atom. The number of halogens is 3. The second kappa shape index (κ2) is 4.11. The Morgan fingerprint density at radius 2 is 1.95 bits per heavy atom. The van der Waals surface area contributed by atoms with Gasteiger partial charge in [0.25, 0.3) is 0 Å². The van der Waals surface area contributed by atoms with Gasteiger partial charge in [-0.2, -0.15) is 23.4 Å². The summed E-state index contributed by atoms with van der Waals surface area (Å²) in [6.45, 7) is 0. The number of aromatic carboxylic acids is 1. The highest BCUT2D eigenvalue weighted by Crippen LogP contribution is 2.32. The van der Waals surface area contributed by atoms with Crippen molar-refractivity contribution in [2.75, 3.05) is 0 Å². The summed E-state index contributed by atoms with van der Waals surface area (Å²) in [6, 6.07) is 0.795. The molecule has 0 aromatic carbocycles. The number of carboxylic acid groups (broad SMARTS) is 1. The first kappa shape index (κ1) is 13.1. The van der Waals surface area contributed by atoms with Crippen molar-refractivity contribution in [3.63, 3.8) is 0 Å². The number of carbonyl (C=O) groups is 1. The van der Waals surface area contributed by atoms with Gasteiger partial charge in [-0.05, 0) is 6.07 Å². The molecule has 19 heavy (non-hydrogen) atoms. The van der Waals surface area contributed by atoms with Gasteiger partial charge in [-0.15, -0.1) is 0 Å². The SMILES string of the molecule is Cn1nc(C(F)(F)F)cc1-c1c(C(=O)O)cnn1C. The third-order valence-electron chi connectivity index (χ3n) is 2.58. The highest BCUT2D eigenvalue weighted by molar-refractivity contribution is 5.94. The quantitative estimate of drug-likeness (QED) is 0.901. The van der Waals surface area contributed by atoms with E-state index in [0.29, 0.717) is 0 Å². The molecule has 0 unspecified atom stereocenters. The minimum atomic E-state index is -4.59. The Kier molecular flexibility index (Phi) is 2.84. The Bertz CT molecular complexity index is 642. The Hall–Kier alpha value is -2.32. The lowest BCUT2D eigenvalue weighted by Crippen LogP contribution is -2.06. The molecular weight excluding hydrogens is 265 g/mol. The second-order valence-corrected chi connectivity index (χ2v) is 3.87. The molecule has 0 spiro atoms. The maximum Gasteiger partial charge on any atom is 0.435 e. The van der Waals surface area contributed by atoms with Gasteiger partial charge in [-0.1, -0.05) is 0 Å². The van der Waals surface area contributed by atoms with Gasteiger partial charge < -0.3 is 5.11 Å². The normalized spacial score (nSPS) is 11.8. The van der Waals surface area contributed by atoms with Gasteiger partial charge in [0.05, 0.1) is 11.9 Å². The first-order chi connectivity index (χ1) is 8.71. The van der Waals surface area contributed by atoms with Gasteiger partial charge in [0.15, 0.2) is 5.69 Å². The van der Waals surface area contributed by atoms with Gasteiger partial charge in [-0.25, -0.2) is 4.79 Å². The molecule has 1 N–H and O–H groups in total. The fourth-order valence-electron chi connectivity index (χ4n) is 1.73. The van der Waals surface area contributed by atoms with E-state index in [9.17, 15) is 18.0 Å². The van der Waals surface area contributed by atoms with E-state index in [2.05, 4.69) is 10.2 Å². The summed E-state index contributed by atoms with van der Waals surface area (Å²) in [5, 5.41) is 16.1. The van der Waals surface area contributed by atoms with E-state index in [1.54, 1.807) is 0 Å². The van der Waals surface area contributed by atoms with Crippen LogP contribution in [0.15, 0.2) is 12.3 Å². The molecule has 6 nitrogen and oxygen atoms in total. The molecule has 0 saturated heterocycles. The Labute approximate surface area is 105 Å². The Balaban J connectivity index is 2.63. The van der Waals surface area contributed by atoms with Crippen LogP contribution in [0.25, 0.3) is 11.4 Å². The van der Waals surface area contributed by atoms with E-state index in [1.165, 1.54) is 18.8 Å². The van der Waals surface area contributed by atoms with Crippen LogP contribution in [-0.2, 0) is 20.3 Å². The van der Waals surface area contributed by atoms with Gasteiger partial charge in [0.1, 0.15) is 11.3 Å². The molecule has 2 aromatic heterocycles. The second-order valence-electron chi connectivity index (χ2n) is 3.87. The predicted molar refractivity (Wildman–Crippen MR) is 57.4 cm³/mol. The highest BCUT2D eigenvalue weighted by atomic mass is 19.4. The lowest BCUT2D eigenvalue weighted by atomic mass is 10.2. The fraction of sp³-hybridized carbons (Fsp3) is 0.300. The van der Waals surface area contributed by atoms with Crippen molar-refractivity contribution in [3.8, 4) is 11.4 Å². The number of rotatable bonds is 2. The van der Waals surface area contributed by atoms with Crippen LogP contribution in [0.3, 0.4) is 0 Å². The van der Waals surface area contributed by atoms with Crippen LogP contribution in [0, 0.1) is 0 Å². The van der Waals surface area contributed by atoms with Crippen LogP contribution in [0.1, 0.15) is 16.1 Å². The molecule has 0 fully saturated rings. The van der Waals surface area contributed by atoms with Gasteiger partial charge >= 0.3 is 12.1 Å². The fourth-order valence-corrected chi connectivity index (χ4v) is 1.73. The molecule has 102 valence electrons. The molecular formula is C10H9F3N4O2. The van der Waals surface area contributed by atoms with E-state index in [-0.39, 0.29) is 17.0 Å². The molecule has 2 heterocycles. The van der Waals surface area contributed by atoms with Gasteiger partial charge in [0, 0.05) is 14.1 Å². The zero-order valence-corrected chi connectivity index (χ0v) is 9.93. The summed E-state index contributed by atoms with van der Waals surface area (Å²) in [5.41, 5.74) is -1.16. The molecule has 0 radical (unpaired) electrons. The summed E-state index contributed by atoms with van der Waals surface area (Å²) in [6.07, 6.45) is -3.50. The monoisotopic (exact) mass is 274 g/mol. The molecule has 0 saturated carbocycles. The maximum absolute atomic E-state index is 12.6. The lowest BCUT2D eigenvalue weighted by Gasteiger charge is -2.03. The number of nitrogens with zero attached hydrogens (tertiary/aromatic N) is 4. The average molecular weight is 274 g/mol. The van der Waals surface area contributed by atoms with E-state index in [0.717, 1.165) is 16.9 Å². The number of alkyl halides is 3. The van der Waals surface area contributed by atoms with Crippen LogP contribution in [0.2, 0.25) is 0 Å². The minimum absolute atomic E-state index is 0.0322. The van der Waals surface area contributed by atoms with Crippen LogP contribution < -0.4 is 0 Å². The van der Waals surface area contributed by atoms with Crippen LogP contribution in [-0.4, -0.2) is 30.6 Å². The number of aryl methyl sites for hydroxylation is 2. The zero-order valence-electron chi connectivity index (χ0n) is 9.93. The van der Waals surface area contributed by atoms with Crippen LogP contribution >= 0.6 is 0 Å². The third kappa shape index (κ3) is 2.18. The topological polar surface area (TPSA) is 72.9 Å². The summed E-state index contributed by atoms with van der Waals surface area (Å²) < 4.78 is 39.9. The molecule has 0 atom stereocenters. The van der Waals surface area contributed by atoms with Crippen molar-refractivity contribution < 1.29 is 23.1 Å². The lowest BCUT2D eigenvalue weighted by molar-refractivity contribution is -0.141. The van der Waals surface area contributed by atoms with Gasteiger partial charge in [-0.3, -0.25) is 9.36 Å². The molecule has 0 aliphatic carbocycles. The van der Waals surface area contributed by atoms with E-state index in [4.69, 9.17) is 5.11 Å². The van der Waals surface area contributed by atoms with Crippen molar-refractivity contribution >= 4 is 5.97 Å². The largest absolute Gasteiger partial charge is 0.478 e. The van der Waals surface area contributed by atoms with Crippen molar-refractivity contribution in [2.45, 2.75) is 6.18 Å². The number of aromatic nitrogens is 4. The Morgan fingerprint density at radius 3 is 2.42 bits per heavy atom. The predicted octanol–water partition coefficient (Wildman–Crippen LogP) is 1.54. The highest BCUT2D eigenvalue weighted by Gasteiger charge is 2.35. The summed E-state index contributed by atoms with van der Waals surface area (Å²) in [7, 11) is 2.76. The van der Waals surface area contributed by atoms with Crippen molar-refractivity contribution in [1.82, 2.24) is 19.6 Å². The summed E-state index contributed by atoms with van der Waals surface area (Å²) in [4.78, 5) is 11.0. The van der Waals surface area contributed by atoms with E-state index >= 15 is 0 Å². The molecule has 0 bridgehead atoms. The molecule has 2 rings (SSSR count). The first-order valence-electron chi connectivity index (χ1n) is 5.08. The number of hydrogen-bond acceptors (Lipinski definition) is 3. The van der Waals surface area contributed by atoms with Crippen molar-refractivity contribution in [3.05, 3.63) is 23.5 Å². The van der Waals surface area contributed by atoms with Crippen molar-refractivity contribution in [1.29, 1.82) is 0 Å². The number of carboxylic acids is 1. The summed E-state index contributed by atoms with van der Waals surface area (Å²) >= 11 is 0. The minimum Gasteiger partial charge on any atom is -0.478 e. The zero-order chi connectivity index (χ0) is 14.4. The average Bonchev–Trinajstić information content (AvgIpc) is 2.80. The molecule has 0 aliphatic heterocycles. The standard InChI is InChI=1S/C10H9F3N4O2/c1-16-6(3-7(15-16)10(11,12)13)8-5(9(18)19)4-14-17(8)2/h3-4H,1-2H3,(H,18,19). The van der Waals surface area contributed by atoms with E-state index < -0.39 is 17.8 Å². The smallest absolute Gasteiger partial charge is 0.435 e. The number of hydrogen-bond donors (Lipinski definition) is 1. The molecule has 2 aromatic rings. The van der Waals surface area contributed by atoms with Gasteiger partial charge in [0.2, 0.25) is 0 Å². The first-order valence-corrected chi connectivity index (χ1v) is 5.08. The molecule has 0 amide bonds. The van der Waals surface area contributed by atoms with Crippen LogP contribution in [0.5, 0.6) is 0 Å². The maximum atomic E-state index is 12.6. The molecule has 9 heteroatoms. The van der Waals surface area contributed by atoms with Crippen molar-refractivity contribution in [2.24, 2.45) is 14.1 Å².